The smallest absolute Gasteiger partial charge is 0.126 e. The van der Waals surface area contributed by atoms with Crippen molar-refractivity contribution in [2.45, 2.75) is 26.4 Å². The Bertz CT molecular complexity index is 464. The Labute approximate surface area is 95.2 Å². The summed E-state index contributed by atoms with van der Waals surface area (Å²) in [6, 6.07) is 8.20. The van der Waals surface area contributed by atoms with E-state index in [2.05, 4.69) is 28.0 Å². The first-order valence-electron chi connectivity index (χ1n) is 5.56. The zero-order chi connectivity index (χ0) is 11.4. The lowest BCUT2D eigenvalue weighted by atomic mass is 10.3. The highest BCUT2D eigenvalue weighted by molar-refractivity contribution is 5.75. The molecule has 0 aliphatic heterocycles. The molecular weight excluding hydrogens is 202 g/mol. The molecule has 0 bridgehead atoms. The normalized spacial score (nSPS) is 11.1. The van der Waals surface area contributed by atoms with E-state index in [0.29, 0.717) is 6.54 Å². The van der Waals surface area contributed by atoms with E-state index in [1.165, 1.54) is 5.52 Å². The van der Waals surface area contributed by atoms with E-state index >= 15 is 0 Å². The molecular formula is C12H17N3O. The summed E-state index contributed by atoms with van der Waals surface area (Å²) in [5.41, 5.74) is 5.08. The molecule has 0 fully saturated rings. The molecule has 1 aromatic carbocycles. The number of para-hydroxylation sites is 2. The Morgan fingerprint density at radius 2 is 2.19 bits per heavy atom. The van der Waals surface area contributed by atoms with Crippen molar-refractivity contribution in [1.82, 2.24) is 15.0 Å². The minimum absolute atomic E-state index is 0.630. The molecule has 0 amide bonds. The zero-order valence-electron chi connectivity index (χ0n) is 9.73. The molecule has 1 aromatic heterocycles. The SMILES string of the molecule is CCCn1c(CNOC)nc2ccccc21. The lowest BCUT2D eigenvalue weighted by Gasteiger charge is -2.07. The molecule has 0 saturated carbocycles. The minimum Gasteiger partial charge on any atom is -0.327 e. The van der Waals surface area contributed by atoms with Gasteiger partial charge >= 0.3 is 0 Å². The van der Waals surface area contributed by atoms with Crippen LogP contribution in [0.1, 0.15) is 19.2 Å². The maximum absolute atomic E-state index is 4.87. The number of hydrogen-bond acceptors (Lipinski definition) is 3. The molecule has 0 atom stereocenters. The van der Waals surface area contributed by atoms with Crippen LogP contribution in [-0.4, -0.2) is 16.7 Å². The minimum atomic E-state index is 0.630. The van der Waals surface area contributed by atoms with Gasteiger partial charge in [0.15, 0.2) is 0 Å². The van der Waals surface area contributed by atoms with Crippen molar-refractivity contribution in [2.24, 2.45) is 0 Å². The van der Waals surface area contributed by atoms with Gasteiger partial charge in [-0.15, -0.1) is 0 Å². The van der Waals surface area contributed by atoms with Crippen molar-refractivity contribution >= 4 is 11.0 Å². The van der Waals surface area contributed by atoms with Crippen molar-refractivity contribution in [1.29, 1.82) is 0 Å². The van der Waals surface area contributed by atoms with E-state index in [1.807, 2.05) is 18.2 Å². The van der Waals surface area contributed by atoms with E-state index in [9.17, 15) is 0 Å². The van der Waals surface area contributed by atoms with E-state index in [0.717, 1.165) is 24.3 Å². The third kappa shape index (κ3) is 2.08. The Morgan fingerprint density at radius 1 is 1.38 bits per heavy atom. The first-order chi connectivity index (χ1) is 7.86. The van der Waals surface area contributed by atoms with Gasteiger partial charge in [0, 0.05) is 6.54 Å². The first kappa shape index (κ1) is 11.1. The average Bonchev–Trinajstić information content (AvgIpc) is 2.66. The molecule has 0 radical (unpaired) electrons. The zero-order valence-corrected chi connectivity index (χ0v) is 9.73. The molecule has 0 aliphatic carbocycles. The van der Waals surface area contributed by atoms with Crippen molar-refractivity contribution in [2.75, 3.05) is 7.11 Å². The van der Waals surface area contributed by atoms with Gasteiger partial charge in [0.1, 0.15) is 5.82 Å². The van der Waals surface area contributed by atoms with Crippen molar-refractivity contribution < 1.29 is 4.84 Å². The summed E-state index contributed by atoms with van der Waals surface area (Å²) in [5.74, 6) is 1.02. The summed E-state index contributed by atoms with van der Waals surface area (Å²) in [6.07, 6.45) is 1.10. The molecule has 0 saturated heterocycles. The molecule has 2 aromatic rings. The molecule has 4 heteroatoms. The van der Waals surface area contributed by atoms with Crippen LogP contribution in [0, 0.1) is 0 Å². The Kier molecular flexibility index (Phi) is 3.54. The van der Waals surface area contributed by atoms with Crippen molar-refractivity contribution in [3.05, 3.63) is 30.1 Å². The number of aryl methyl sites for hydroxylation is 1. The van der Waals surface area contributed by atoms with Gasteiger partial charge in [0.2, 0.25) is 0 Å². The fourth-order valence-electron chi connectivity index (χ4n) is 1.87. The number of fused-ring (bicyclic) bond motifs is 1. The summed E-state index contributed by atoms with van der Waals surface area (Å²) in [6.45, 7) is 3.79. The molecule has 1 heterocycles. The molecule has 0 unspecified atom stereocenters. The van der Waals surface area contributed by atoms with Gasteiger partial charge in [-0.05, 0) is 18.6 Å². The van der Waals surface area contributed by atoms with Crippen LogP contribution in [-0.2, 0) is 17.9 Å². The number of hydrogen-bond donors (Lipinski definition) is 1. The Hall–Kier alpha value is -1.39. The quantitative estimate of drug-likeness (QED) is 0.783. The standard InChI is InChI=1S/C12H17N3O/c1-3-8-15-11-7-5-4-6-10(11)14-12(15)9-13-16-2/h4-7,13H,3,8-9H2,1-2H3. The van der Waals surface area contributed by atoms with Gasteiger partial charge in [-0.2, -0.15) is 5.48 Å². The first-order valence-corrected chi connectivity index (χ1v) is 5.56. The lowest BCUT2D eigenvalue weighted by Crippen LogP contribution is -2.15. The summed E-state index contributed by atoms with van der Waals surface area (Å²) < 4.78 is 2.24. The van der Waals surface area contributed by atoms with Gasteiger partial charge in [0.05, 0.1) is 24.7 Å². The number of aromatic nitrogens is 2. The van der Waals surface area contributed by atoms with Gasteiger partial charge in [-0.25, -0.2) is 4.98 Å². The van der Waals surface area contributed by atoms with Gasteiger partial charge in [-0.3, -0.25) is 0 Å². The highest BCUT2D eigenvalue weighted by atomic mass is 16.6. The van der Waals surface area contributed by atoms with Crippen LogP contribution in [0.25, 0.3) is 11.0 Å². The second kappa shape index (κ2) is 5.09. The number of hydroxylamine groups is 1. The largest absolute Gasteiger partial charge is 0.327 e. The fourth-order valence-corrected chi connectivity index (χ4v) is 1.87. The molecule has 2 rings (SSSR count). The highest BCUT2D eigenvalue weighted by Gasteiger charge is 2.08. The summed E-state index contributed by atoms with van der Waals surface area (Å²) in [7, 11) is 1.62. The Morgan fingerprint density at radius 3 is 2.94 bits per heavy atom. The summed E-state index contributed by atoms with van der Waals surface area (Å²) in [5, 5.41) is 0. The van der Waals surface area contributed by atoms with Crippen LogP contribution in [0.5, 0.6) is 0 Å². The van der Waals surface area contributed by atoms with Crippen molar-refractivity contribution in [3.63, 3.8) is 0 Å². The Balaban J connectivity index is 2.41. The monoisotopic (exact) mass is 219 g/mol. The van der Waals surface area contributed by atoms with Crippen LogP contribution in [0.2, 0.25) is 0 Å². The second-order valence-electron chi connectivity index (χ2n) is 3.69. The number of nitrogens with one attached hydrogen (secondary N) is 1. The van der Waals surface area contributed by atoms with Crippen LogP contribution in [0.4, 0.5) is 0 Å². The second-order valence-corrected chi connectivity index (χ2v) is 3.69. The lowest BCUT2D eigenvalue weighted by molar-refractivity contribution is 0.0841. The highest BCUT2D eigenvalue weighted by Crippen LogP contribution is 2.16. The summed E-state index contributed by atoms with van der Waals surface area (Å²) in [4.78, 5) is 9.46. The summed E-state index contributed by atoms with van der Waals surface area (Å²) >= 11 is 0. The predicted molar refractivity (Wildman–Crippen MR) is 63.9 cm³/mol. The third-order valence-corrected chi connectivity index (χ3v) is 2.56. The average molecular weight is 219 g/mol. The number of nitrogens with zero attached hydrogens (tertiary/aromatic N) is 2. The van der Waals surface area contributed by atoms with E-state index in [4.69, 9.17) is 4.84 Å². The number of imidazole rings is 1. The molecule has 0 aliphatic rings. The maximum Gasteiger partial charge on any atom is 0.126 e. The number of rotatable bonds is 5. The van der Waals surface area contributed by atoms with Gasteiger partial charge in [-0.1, -0.05) is 19.1 Å². The van der Waals surface area contributed by atoms with Crippen molar-refractivity contribution in [3.8, 4) is 0 Å². The van der Waals surface area contributed by atoms with E-state index in [1.54, 1.807) is 7.11 Å². The van der Waals surface area contributed by atoms with Crippen LogP contribution in [0.15, 0.2) is 24.3 Å². The fraction of sp³-hybridized carbons (Fsp3) is 0.417. The third-order valence-electron chi connectivity index (χ3n) is 2.56. The van der Waals surface area contributed by atoms with Crippen LogP contribution in [0.3, 0.4) is 0 Å². The molecule has 16 heavy (non-hydrogen) atoms. The molecule has 1 N–H and O–H groups in total. The predicted octanol–water partition coefficient (Wildman–Crippen LogP) is 2.10. The molecule has 86 valence electrons. The van der Waals surface area contributed by atoms with E-state index < -0.39 is 0 Å². The van der Waals surface area contributed by atoms with Crippen LogP contribution < -0.4 is 5.48 Å². The van der Waals surface area contributed by atoms with Gasteiger partial charge < -0.3 is 9.40 Å². The topological polar surface area (TPSA) is 39.1 Å². The number of benzene rings is 1. The van der Waals surface area contributed by atoms with Gasteiger partial charge in [0.25, 0.3) is 0 Å². The maximum atomic E-state index is 4.87. The van der Waals surface area contributed by atoms with Crippen LogP contribution >= 0.6 is 0 Å². The van der Waals surface area contributed by atoms with E-state index in [-0.39, 0.29) is 0 Å². The molecule has 4 nitrogen and oxygen atoms in total. The molecule has 0 spiro atoms.